The van der Waals surface area contributed by atoms with Crippen molar-refractivity contribution in [1.29, 1.82) is 0 Å². The molecule has 0 spiro atoms. The second kappa shape index (κ2) is 12.5. The number of guanidine groups is 2. The molecule has 0 saturated carbocycles. The van der Waals surface area contributed by atoms with Crippen LogP contribution in [-0.4, -0.2) is 25.0 Å². The highest BCUT2D eigenvalue weighted by atomic mass is 15.2. The first kappa shape index (κ1) is 22.6. The van der Waals surface area contributed by atoms with Crippen LogP contribution in [0.1, 0.15) is 0 Å². The lowest BCUT2D eigenvalue weighted by Gasteiger charge is -2.14. The van der Waals surface area contributed by atoms with Crippen LogP contribution in [-0.2, 0) is 0 Å². The third-order valence-electron chi connectivity index (χ3n) is 4.79. The number of aliphatic imine (C=N–C) groups is 2. The number of nitrogens with one attached hydrogen (secondary N) is 4. The van der Waals surface area contributed by atoms with Crippen LogP contribution in [0.15, 0.2) is 131 Å². The van der Waals surface area contributed by atoms with Crippen molar-refractivity contribution in [1.82, 2.24) is 0 Å². The highest BCUT2D eigenvalue weighted by Crippen LogP contribution is 2.10. The van der Waals surface area contributed by atoms with E-state index in [0.29, 0.717) is 25.0 Å². The zero-order valence-corrected chi connectivity index (χ0v) is 18.9. The first-order chi connectivity index (χ1) is 16.8. The van der Waals surface area contributed by atoms with E-state index in [-0.39, 0.29) is 0 Å². The molecule has 34 heavy (non-hydrogen) atoms. The molecule has 4 aromatic rings. The maximum atomic E-state index is 4.73. The molecular formula is C28H28N6. The zero-order chi connectivity index (χ0) is 23.3. The maximum Gasteiger partial charge on any atom is 0.200 e. The van der Waals surface area contributed by atoms with Gasteiger partial charge in [0.1, 0.15) is 0 Å². The lowest BCUT2D eigenvalue weighted by molar-refractivity contribution is 0.972. The van der Waals surface area contributed by atoms with Crippen molar-refractivity contribution >= 4 is 34.7 Å². The van der Waals surface area contributed by atoms with Crippen molar-refractivity contribution in [3.05, 3.63) is 121 Å². The topological polar surface area (TPSA) is 72.8 Å². The second-order valence-electron chi connectivity index (χ2n) is 7.42. The third kappa shape index (κ3) is 7.53. The molecule has 6 nitrogen and oxygen atoms in total. The Bertz CT molecular complexity index is 993. The number of para-hydroxylation sites is 4. The van der Waals surface area contributed by atoms with Crippen molar-refractivity contribution in [2.24, 2.45) is 9.98 Å². The molecule has 0 bridgehead atoms. The van der Waals surface area contributed by atoms with Gasteiger partial charge >= 0.3 is 0 Å². The Morgan fingerprint density at radius 3 is 0.853 bits per heavy atom. The molecule has 0 aliphatic rings. The van der Waals surface area contributed by atoms with E-state index in [0.717, 1.165) is 22.7 Å². The average Bonchev–Trinajstić information content (AvgIpc) is 2.89. The van der Waals surface area contributed by atoms with Crippen LogP contribution in [0.2, 0.25) is 0 Å². The van der Waals surface area contributed by atoms with Gasteiger partial charge < -0.3 is 21.3 Å². The Morgan fingerprint density at radius 1 is 0.382 bits per heavy atom. The third-order valence-corrected chi connectivity index (χ3v) is 4.79. The molecule has 170 valence electrons. The van der Waals surface area contributed by atoms with Crippen LogP contribution >= 0.6 is 0 Å². The molecule has 0 aliphatic carbocycles. The Hall–Kier alpha value is -4.58. The molecule has 0 saturated heterocycles. The zero-order valence-electron chi connectivity index (χ0n) is 18.9. The van der Waals surface area contributed by atoms with Crippen molar-refractivity contribution in [2.75, 3.05) is 34.4 Å². The van der Waals surface area contributed by atoms with Crippen LogP contribution in [0, 0.1) is 0 Å². The van der Waals surface area contributed by atoms with Crippen LogP contribution in [0.4, 0.5) is 22.7 Å². The molecular weight excluding hydrogens is 420 g/mol. The van der Waals surface area contributed by atoms with E-state index in [1.54, 1.807) is 0 Å². The largest absolute Gasteiger partial charge is 0.326 e. The van der Waals surface area contributed by atoms with Crippen molar-refractivity contribution < 1.29 is 0 Å². The standard InChI is InChI=1S/C28H28N6/c1-5-13-23(14-6-1)31-27(32-24-15-7-2-8-16-24)29-21-22-30-28(33-25-17-9-3-10-18-25)34-26-19-11-4-12-20-26/h1-20H,21-22H2,(H2,29,31,32)(H2,30,33,34). The quantitative estimate of drug-likeness (QED) is 0.156. The molecule has 0 unspecified atom stereocenters. The lowest BCUT2D eigenvalue weighted by Crippen LogP contribution is -2.24. The van der Waals surface area contributed by atoms with Crippen LogP contribution in [0.25, 0.3) is 0 Å². The van der Waals surface area contributed by atoms with Crippen molar-refractivity contribution in [3.8, 4) is 0 Å². The number of benzene rings is 4. The fourth-order valence-corrected chi connectivity index (χ4v) is 3.18. The second-order valence-corrected chi connectivity index (χ2v) is 7.42. The molecule has 0 amide bonds. The number of nitrogens with zero attached hydrogens (tertiary/aromatic N) is 2. The predicted molar refractivity (Wildman–Crippen MR) is 145 cm³/mol. The Balaban J connectivity index is 1.46. The maximum absolute atomic E-state index is 4.73. The number of hydrogen-bond donors (Lipinski definition) is 4. The molecule has 4 N–H and O–H groups in total. The van der Waals surface area contributed by atoms with Crippen LogP contribution < -0.4 is 21.3 Å². The minimum Gasteiger partial charge on any atom is -0.326 e. The number of anilines is 4. The van der Waals surface area contributed by atoms with E-state index in [4.69, 9.17) is 9.98 Å². The molecule has 0 fully saturated rings. The van der Waals surface area contributed by atoms with Crippen molar-refractivity contribution in [2.45, 2.75) is 0 Å². The molecule has 0 atom stereocenters. The summed E-state index contributed by atoms with van der Waals surface area (Å²) in [6.45, 7) is 1.01. The van der Waals surface area contributed by atoms with Gasteiger partial charge in [-0.25, -0.2) is 0 Å². The van der Waals surface area contributed by atoms with E-state index in [1.807, 2.05) is 121 Å². The smallest absolute Gasteiger partial charge is 0.200 e. The van der Waals surface area contributed by atoms with Gasteiger partial charge in [-0.15, -0.1) is 0 Å². The van der Waals surface area contributed by atoms with Gasteiger partial charge in [0.2, 0.25) is 0 Å². The summed E-state index contributed by atoms with van der Waals surface area (Å²) < 4.78 is 0. The van der Waals surface area contributed by atoms with Gasteiger partial charge in [-0.3, -0.25) is 9.98 Å². The predicted octanol–water partition coefficient (Wildman–Crippen LogP) is 6.15. The SMILES string of the molecule is c1ccc(NC(=NCCN=C(Nc2ccccc2)Nc2ccccc2)Nc2ccccc2)cc1. The first-order valence-corrected chi connectivity index (χ1v) is 11.2. The summed E-state index contributed by atoms with van der Waals surface area (Å²) in [7, 11) is 0. The summed E-state index contributed by atoms with van der Waals surface area (Å²) in [5.74, 6) is 1.34. The fourth-order valence-electron chi connectivity index (χ4n) is 3.18. The molecule has 6 heteroatoms. The minimum atomic E-state index is 0.505. The van der Waals surface area contributed by atoms with Crippen molar-refractivity contribution in [3.63, 3.8) is 0 Å². The molecule has 4 rings (SSSR count). The van der Waals surface area contributed by atoms with Gasteiger partial charge in [0.15, 0.2) is 11.9 Å². The molecule has 0 heterocycles. The average molecular weight is 449 g/mol. The van der Waals surface area contributed by atoms with E-state index in [2.05, 4.69) is 21.3 Å². The Kier molecular flexibility index (Phi) is 8.28. The molecule has 0 aromatic heterocycles. The summed E-state index contributed by atoms with van der Waals surface area (Å²) in [5.41, 5.74) is 3.85. The van der Waals surface area contributed by atoms with E-state index < -0.39 is 0 Å². The summed E-state index contributed by atoms with van der Waals surface area (Å²) in [6, 6.07) is 39.9. The van der Waals surface area contributed by atoms with Gasteiger partial charge in [0, 0.05) is 22.7 Å². The Labute approximate surface area is 200 Å². The van der Waals surface area contributed by atoms with Crippen LogP contribution in [0.3, 0.4) is 0 Å². The Morgan fingerprint density at radius 2 is 0.618 bits per heavy atom. The van der Waals surface area contributed by atoms with Gasteiger partial charge in [-0.05, 0) is 48.5 Å². The molecule has 0 radical (unpaired) electrons. The van der Waals surface area contributed by atoms with Gasteiger partial charge in [0.25, 0.3) is 0 Å². The monoisotopic (exact) mass is 448 g/mol. The highest BCUT2D eigenvalue weighted by Gasteiger charge is 2.03. The summed E-state index contributed by atoms with van der Waals surface area (Å²) in [6.07, 6.45) is 0. The fraction of sp³-hybridized carbons (Fsp3) is 0.0714. The summed E-state index contributed by atoms with van der Waals surface area (Å²) >= 11 is 0. The highest BCUT2D eigenvalue weighted by molar-refractivity contribution is 6.04. The molecule has 0 aliphatic heterocycles. The van der Waals surface area contributed by atoms with Gasteiger partial charge in [-0.1, -0.05) is 72.8 Å². The van der Waals surface area contributed by atoms with E-state index in [1.165, 1.54) is 0 Å². The van der Waals surface area contributed by atoms with Crippen LogP contribution in [0.5, 0.6) is 0 Å². The first-order valence-electron chi connectivity index (χ1n) is 11.2. The minimum absolute atomic E-state index is 0.505. The van der Waals surface area contributed by atoms with Gasteiger partial charge in [0.05, 0.1) is 13.1 Å². The lowest BCUT2D eigenvalue weighted by atomic mass is 10.3. The van der Waals surface area contributed by atoms with E-state index >= 15 is 0 Å². The summed E-state index contributed by atoms with van der Waals surface area (Å²) in [5, 5.41) is 13.4. The number of hydrogen-bond acceptors (Lipinski definition) is 2. The summed E-state index contributed by atoms with van der Waals surface area (Å²) in [4.78, 5) is 9.46. The molecule has 4 aromatic carbocycles. The van der Waals surface area contributed by atoms with Gasteiger partial charge in [-0.2, -0.15) is 0 Å². The number of rotatable bonds is 7. The normalized spacial score (nSPS) is 10.0. The van der Waals surface area contributed by atoms with E-state index in [9.17, 15) is 0 Å².